The number of amides is 3. The zero-order chi connectivity index (χ0) is 23.6. The normalized spacial score (nSPS) is 19.4. The Balaban J connectivity index is 1.19. The Bertz CT molecular complexity index is 912. The highest BCUT2D eigenvalue weighted by Crippen LogP contribution is 2.12. The Labute approximate surface area is 201 Å². The number of morpholine rings is 1. The van der Waals surface area contributed by atoms with E-state index in [0.717, 1.165) is 38.2 Å². The molecule has 3 amide bonds. The van der Waals surface area contributed by atoms with Crippen LogP contribution < -0.4 is 10.1 Å². The Morgan fingerprint density at radius 1 is 0.912 bits per heavy atom. The molecule has 0 bridgehead atoms. The summed E-state index contributed by atoms with van der Waals surface area (Å²) in [5, 5.41) is 3.01. The Kier molecular flexibility index (Phi) is 8.76. The quantitative estimate of drug-likeness (QED) is 0.677. The average molecular weight is 467 g/mol. The van der Waals surface area contributed by atoms with Gasteiger partial charge in [-0.1, -0.05) is 48.5 Å². The SMILES string of the molecule is O=C(COc1ccccc1)N1CCCN(CC2CN(C(=O)NCc3ccccc3)CCO2)CC1. The number of urea groups is 1. The van der Waals surface area contributed by atoms with Gasteiger partial charge in [0.25, 0.3) is 5.91 Å². The number of para-hydroxylation sites is 1. The minimum absolute atomic E-state index is 0.0147. The second-order valence-corrected chi connectivity index (χ2v) is 8.72. The molecule has 2 fully saturated rings. The van der Waals surface area contributed by atoms with Gasteiger partial charge in [-0.2, -0.15) is 0 Å². The summed E-state index contributed by atoms with van der Waals surface area (Å²) in [6, 6.07) is 19.3. The Morgan fingerprint density at radius 2 is 1.68 bits per heavy atom. The molecule has 8 nitrogen and oxygen atoms in total. The molecule has 1 N–H and O–H groups in total. The minimum Gasteiger partial charge on any atom is -0.484 e. The number of benzene rings is 2. The topological polar surface area (TPSA) is 74.4 Å². The summed E-state index contributed by atoms with van der Waals surface area (Å²) in [5.41, 5.74) is 1.08. The van der Waals surface area contributed by atoms with E-state index in [1.807, 2.05) is 70.5 Å². The van der Waals surface area contributed by atoms with Gasteiger partial charge in [-0.25, -0.2) is 4.79 Å². The van der Waals surface area contributed by atoms with Gasteiger partial charge in [-0.3, -0.25) is 9.69 Å². The van der Waals surface area contributed by atoms with E-state index in [4.69, 9.17) is 9.47 Å². The lowest BCUT2D eigenvalue weighted by Gasteiger charge is -2.35. The average Bonchev–Trinajstić information content (AvgIpc) is 3.13. The summed E-state index contributed by atoms with van der Waals surface area (Å²) in [6.07, 6.45) is 0.880. The van der Waals surface area contributed by atoms with Crippen molar-refractivity contribution in [3.63, 3.8) is 0 Å². The fourth-order valence-electron chi connectivity index (χ4n) is 4.34. The Morgan fingerprint density at radius 3 is 2.47 bits per heavy atom. The summed E-state index contributed by atoms with van der Waals surface area (Å²) >= 11 is 0. The van der Waals surface area contributed by atoms with Gasteiger partial charge in [0, 0.05) is 45.8 Å². The van der Waals surface area contributed by atoms with Gasteiger partial charge in [0.1, 0.15) is 5.75 Å². The molecule has 2 aromatic carbocycles. The smallest absolute Gasteiger partial charge is 0.317 e. The van der Waals surface area contributed by atoms with E-state index in [9.17, 15) is 9.59 Å². The van der Waals surface area contributed by atoms with Gasteiger partial charge >= 0.3 is 6.03 Å². The second-order valence-electron chi connectivity index (χ2n) is 8.72. The van der Waals surface area contributed by atoms with E-state index >= 15 is 0 Å². The molecule has 0 aromatic heterocycles. The third kappa shape index (κ3) is 7.20. The number of carbonyl (C=O) groups is 2. The molecule has 0 saturated carbocycles. The first kappa shape index (κ1) is 24.0. The van der Waals surface area contributed by atoms with Crippen LogP contribution in [0.4, 0.5) is 4.79 Å². The summed E-state index contributed by atoms with van der Waals surface area (Å²) in [5.74, 6) is 0.722. The molecule has 1 atom stereocenters. The lowest BCUT2D eigenvalue weighted by atomic mass is 10.2. The molecule has 2 aromatic rings. The van der Waals surface area contributed by atoms with Gasteiger partial charge in [0.15, 0.2) is 6.61 Å². The van der Waals surface area contributed by atoms with E-state index in [1.165, 1.54) is 0 Å². The molecular formula is C26H34N4O4. The standard InChI is InChI=1S/C26H34N4O4/c31-25(21-34-23-10-5-2-6-11-23)29-13-7-12-28(14-15-29)19-24-20-30(16-17-33-24)26(32)27-18-22-8-3-1-4-9-22/h1-6,8-11,24H,7,12-21H2,(H,27,32). The molecule has 0 radical (unpaired) electrons. The van der Waals surface area contributed by atoms with Crippen molar-refractivity contribution in [1.29, 1.82) is 0 Å². The van der Waals surface area contributed by atoms with Crippen LogP contribution in [-0.4, -0.2) is 91.8 Å². The van der Waals surface area contributed by atoms with Gasteiger partial charge < -0.3 is 24.6 Å². The molecule has 4 rings (SSSR count). The largest absolute Gasteiger partial charge is 0.484 e. The fourth-order valence-corrected chi connectivity index (χ4v) is 4.34. The van der Waals surface area contributed by atoms with E-state index in [-0.39, 0.29) is 24.6 Å². The predicted octanol–water partition coefficient (Wildman–Crippen LogP) is 2.21. The highest BCUT2D eigenvalue weighted by molar-refractivity contribution is 5.77. The molecular weight excluding hydrogens is 432 g/mol. The summed E-state index contributed by atoms with van der Waals surface area (Å²) in [4.78, 5) is 31.3. The van der Waals surface area contributed by atoms with E-state index in [1.54, 1.807) is 0 Å². The highest BCUT2D eigenvalue weighted by Gasteiger charge is 2.27. The number of hydrogen-bond acceptors (Lipinski definition) is 5. The van der Waals surface area contributed by atoms with Gasteiger partial charge in [-0.05, 0) is 30.7 Å². The molecule has 2 saturated heterocycles. The zero-order valence-corrected chi connectivity index (χ0v) is 19.6. The molecule has 34 heavy (non-hydrogen) atoms. The molecule has 1 unspecified atom stereocenters. The third-order valence-corrected chi connectivity index (χ3v) is 6.22. The van der Waals surface area contributed by atoms with E-state index < -0.39 is 0 Å². The first-order valence-corrected chi connectivity index (χ1v) is 12.0. The molecule has 182 valence electrons. The van der Waals surface area contributed by atoms with Crippen molar-refractivity contribution < 1.29 is 19.1 Å². The first-order chi connectivity index (χ1) is 16.7. The maximum absolute atomic E-state index is 12.6. The van der Waals surface area contributed by atoms with Crippen LogP contribution in [0.15, 0.2) is 60.7 Å². The fraction of sp³-hybridized carbons (Fsp3) is 0.462. The summed E-state index contributed by atoms with van der Waals surface area (Å²) in [7, 11) is 0. The van der Waals surface area contributed by atoms with Crippen LogP contribution in [0.2, 0.25) is 0 Å². The van der Waals surface area contributed by atoms with Crippen LogP contribution in [0.25, 0.3) is 0 Å². The maximum atomic E-state index is 12.6. The molecule has 0 aliphatic carbocycles. The lowest BCUT2D eigenvalue weighted by Crippen LogP contribution is -2.52. The van der Waals surface area contributed by atoms with Crippen molar-refractivity contribution in [3.8, 4) is 5.75 Å². The third-order valence-electron chi connectivity index (χ3n) is 6.22. The number of ether oxygens (including phenoxy) is 2. The zero-order valence-electron chi connectivity index (χ0n) is 19.6. The monoisotopic (exact) mass is 466 g/mol. The van der Waals surface area contributed by atoms with Crippen LogP contribution >= 0.6 is 0 Å². The summed E-state index contributed by atoms with van der Waals surface area (Å²) in [6.45, 7) is 6.14. The number of nitrogens with one attached hydrogen (secondary N) is 1. The second kappa shape index (κ2) is 12.4. The lowest BCUT2D eigenvalue weighted by molar-refractivity contribution is -0.133. The van der Waals surface area contributed by atoms with Crippen LogP contribution in [0.3, 0.4) is 0 Å². The highest BCUT2D eigenvalue weighted by atomic mass is 16.5. The van der Waals surface area contributed by atoms with E-state index in [2.05, 4.69) is 10.2 Å². The van der Waals surface area contributed by atoms with Crippen LogP contribution in [-0.2, 0) is 16.1 Å². The van der Waals surface area contributed by atoms with Crippen molar-refractivity contribution in [3.05, 3.63) is 66.2 Å². The number of rotatable bonds is 7. The van der Waals surface area contributed by atoms with Crippen molar-refractivity contribution in [2.24, 2.45) is 0 Å². The Hall–Kier alpha value is -3.10. The summed E-state index contributed by atoms with van der Waals surface area (Å²) < 4.78 is 11.6. The number of carbonyl (C=O) groups excluding carboxylic acids is 2. The first-order valence-electron chi connectivity index (χ1n) is 12.0. The predicted molar refractivity (Wildman–Crippen MR) is 130 cm³/mol. The van der Waals surface area contributed by atoms with Crippen molar-refractivity contribution in [2.75, 3.05) is 59.0 Å². The van der Waals surface area contributed by atoms with Crippen molar-refractivity contribution >= 4 is 11.9 Å². The molecule has 8 heteroatoms. The van der Waals surface area contributed by atoms with Gasteiger partial charge in [0.2, 0.25) is 0 Å². The van der Waals surface area contributed by atoms with Crippen LogP contribution in [0.1, 0.15) is 12.0 Å². The maximum Gasteiger partial charge on any atom is 0.317 e. The minimum atomic E-state index is -0.0526. The molecule has 2 aliphatic rings. The molecule has 2 aliphatic heterocycles. The number of hydrogen-bond donors (Lipinski definition) is 1. The van der Waals surface area contributed by atoms with E-state index in [0.29, 0.717) is 38.5 Å². The number of nitrogens with zero attached hydrogens (tertiary/aromatic N) is 3. The molecule has 2 heterocycles. The van der Waals surface area contributed by atoms with Crippen molar-refractivity contribution in [1.82, 2.24) is 20.0 Å². The van der Waals surface area contributed by atoms with Crippen molar-refractivity contribution in [2.45, 2.75) is 19.1 Å². The van der Waals surface area contributed by atoms with Gasteiger partial charge in [-0.15, -0.1) is 0 Å². The molecule has 0 spiro atoms. The van der Waals surface area contributed by atoms with Crippen LogP contribution in [0.5, 0.6) is 5.75 Å². The van der Waals surface area contributed by atoms with Crippen LogP contribution in [0, 0.1) is 0 Å². The van der Waals surface area contributed by atoms with Gasteiger partial charge in [0.05, 0.1) is 12.7 Å².